The monoisotopic (exact) mass is 516 g/mol. The van der Waals surface area contributed by atoms with Crippen LogP contribution in [-0.4, -0.2) is 84.9 Å². The normalized spacial score (nSPS) is 24.3. The predicted molar refractivity (Wildman–Crippen MR) is 129 cm³/mol. The first-order valence-corrected chi connectivity index (χ1v) is 11.9. The number of thioether (sulfide) groups is 1. The molecule has 0 aromatic rings. The highest BCUT2D eigenvalue weighted by atomic mass is 32.2. The van der Waals surface area contributed by atoms with E-state index in [2.05, 4.69) is 26.8 Å². The number of fused-ring (bicyclic) bond motifs is 1. The van der Waals surface area contributed by atoms with Gasteiger partial charge in [0, 0.05) is 12.9 Å². The molecule has 3 atom stereocenters. The summed E-state index contributed by atoms with van der Waals surface area (Å²) in [5, 5.41) is 32.3. The van der Waals surface area contributed by atoms with E-state index >= 15 is 0 Å². The minimum Gasteiger partial charge on any atom is -0.506 e. The molecule has 0 spiro atoms. The van der Waals surface area contributed by atoms with Crippen LogP contribution in [-0.2, 0) is 19.2 Å². The first kappa shape index (κ1) is 27.5. The van der Waals surface area contributed by atoms with Crippen molar-refractivity contribution in [3.8, 4) is 0 Å². The van der Waals surface area contributed by atoms with Gasteiger partial charge in [0.25, 0.3) is 11.8 Å². The van der Waals surface area contributed by atoms with Gasteiger partial charge in [-0.1, -0.05) is 18.7 Å². The van der Waals surface area contributed by atoms with Crippen molar-refractivity contribution in [3.63, 3.8) is 0 Å². The fourth-order valence-electron chi connectivity index (χ4n) is 3.09. The van der Waals surface area contributed by atoms with Crippen molar-refractivity contribution in [2.45, 2.75) is 50.4 Å². The predicted octanol–water partition coefficient (Wildman–Crippen LogP) is -0.141. The third-order valence-electron chi connectivity index (χ3n) is 4.94. The van der Waals surface area contributed by atoms with Crippen LogP contribution in [0.1, 0.15) is 27.2 Å². The van der Waals surface area contributed by atoms with Gasteiger partial charge in [-0.15, -0.1) is 11.8 Å². The maximum Gasteiger partial charge on any atom is 0.350 e. The smallest absolute Gasteiger partial charge is 0.350 e. The fourth-order valence-corrected chi connectivity index (χ4v) is 5.09. The molecule has 2 amide bonds. The molecule has 0 aliphatic carbocycles. The van der Waals surface area contributed by atoms with Crippen LogP contribution in [0.5, 0.6) is 0 Å². The lowest BCUT2D eigenvalue weighted by Crippen LogP contribution is -2.70. The highest BCUT2D eigenvalue weighted by molar-refractivity contribution is 8.12. The highest BCUT2D eigenvalue weighted by Crippen LogP contribution is 2.42. The van der Waals surface area contributed by atoms with E-state index in [1.807, 2.05) is 6.92 Å². The lowest BCUT2D eigenvalue weighted by molar-refractivity contribution is -0.161. The second-order valence-corrected chi connectivity index (χ2v) is 9.55. The molecule has 0 saturated carbocycles. The van der Waals surface area contributed by atoms with Crippen LogP contribution in [0.2, 0.25) is 0 Å². The van der Waals surface area contributed by atoms with Crippen LogP contribution < -0.4 is 15.8 Å². The zero-order valence-electron chi connectivity index (χ0n) is 19.1. The lowest BCUT2D eigenvalue weighted by Gasteiger charge is -2.50. The topological polar surface area (TPSA) is 199 Å². The van der Waals surface area contributed by atoms with Crippen LogP contribution in [0, 0.1) is 0 Å². The fraction of sp³-hybridized carbons (Fsp3) is 0.526. The number of amides is 2. The van der Waals surface area contributed by atoms with Gasteiger partial charge in [0.1, 0.15) is 17.2 Å². The molecule has 7 N–H and O–H groups in total. The number of nitrogens with zero attached hydrogens (tertiary/aromatic N) is 3. The molecule has 3 rings (SSSR count). The van der Waals surface area contributed by atoms with Crippen molar-refractivity contribution >= 4 is 52.4 Å². The Labute approximate surface area is 204 Å². The zero-order chi connectivity index (χ0) is 25.8. The first-order valence-electron chi connectivity index (χ1n) is 10.0. The summed E-state index contributed by atoms with van der Waals surface area (Å²) < 4.78 is 2.78. The average Bonchev–Trinajstić information content (AvgIpc) is 3.23. The number of aliphatic imine (C=N–C) groups is 1. The molecule has 3 aliphatic rings. The van der Waals surface area contributed by atoms with Crippen LogP contribution in [0.15, 0.2) is 33.8 Å². The van der Waals surface area contributed by atoms with Gasteiger partial charge >= 0.3 is 5.97 Å². The van der Waals surface area contributed by atoms with Gasteiger partial charge in [0.05, 0.1) is 5.70 Å². The summed E-state index contributed by atoms with van der Waals surface area (Å²) in [7, 11) is 1.00. The van der Waals surface area contributed by atoms with E-state index < -0.39 is 41.0 Å². The molecular weight excluding hydrogens is 488 g/mol. The quantitative estimate of drug-likeness (QED) is 0.0824. The Balaban J connectivity index is 0.00000199. The van der Waals surface area contributed by atoms with Crippen LogP contribution in [0.25, 0.3) is 0 Å². The largest absolute Gasteiger partial charge is 0.506 e. The number of carboxylic acids is 1. The van der Waals surface area contributed by atoms with Crippen molar-refractivity contribution < 1.29 is 34.5 Å². The summed E-state index contributed by atoms with van der Waals surface area (Å²) in [6.07, 6.45) is -0.345. The van der Waals surface area contributed by atoms with Crippen molar-refractivity contribution in [3.05, 3.63) is 23.6 Å². The van der Waals surface area contributed by atoms with Crippen molar-refractivity contribution in [1.29, 1.82) is 0 Å². The molecule has 0 bridgehead atoms. The van der Waals surface area contributed by atoms with Gasteiger partial charge in [-0.05, 0) is 37.8 Å². The van der Waals surface area contributed by atoms with Gasteiger partial charge in [0.15, 0.2) is 17.0 Å². The van der Waals surface area contributed by atoms with E-state index in [0.717, 1.165) is 24.6 Å². The first-order chi connectivity index (χ1) is 16.0. The molecule has 0 aromatic heterocycles. The maximum atomic E-state index is 13.0. The minimum absolute atomic E-state index is 0.157. The number of aliphatic hydroxyl groups is 2. The Morgan fingerprint density at radius 3 is 2.56 bits per heavy atom. The van der Waals surface area contributed by atoms with Gasteiger partial charge < -0.3 is 31.2 Å². The van der Waals surface area contributed by atoms with E-state index in [1.165, 1.54) is 30.5 Å². The van der Waals surface area contributed by atoms with Gasteiger partial charge in [-0.25, -0.2) is 14.5 Å². The number of carbonyl (C=O) groups excluding carboxylic acids is 2. The number of nitrogens with two attached hydrogens (primary N) is 1. The number of rotatable bonds is 8. The molecule has 3 aliphatic heterocycles. The van der Waals surface area contributed by atoms with Gasteiger partial charge in [0.2, 0.25) is 5.60 Å². The van der Waals surface area contributed by atoms with Gasteiger partial charge in [-0.2, -0.15) is 0 Å². The highest BCUT2D eigenvalue weighted by Gasteiger charge is 2.53. The Hall–Kier alpha value is -2.75. The maximum absolute atomic E-state index is 13.0. The van der Waals surface area contributed by atoms with E-state index in [1.54, 1.807) is 0 Å². The van der Waals surface area contributed by atoms with Crippen LogP contribution in [0.3, 0.4) is 0 Å². The summed E-state index contributed by atoms with van der Waals surface area (Å²) in [6.45, 7) is 8.02. The summed E-state index contributed by atoms with van der Waals surface area (Å²) >= 11 is 2.43. The van der Waals surface area contributed by atoms with Crippen LogP contribution in [0.4, 0.5) is 0 Å². The number of hydrogen-bond donors (Lipinski definition) is 6. The second kappa shape index (κ2) is 11.1. The second-order valence-electron chi connectivity index (χ2n) is 7.59. The molecule has 1 fully saturated rings. The molecule has 188 valence electrons. The number of aliphatic carboxylic acids is 1. The van der Waals surface area contributed by atoms with E-state index in [-0.39, 0.29) is 16.6 Å². The molecule has 13 nitrogen and oxygen atoms in total. The summed E-state index contributed by atoms with van der Waals surface area (Å²) in [5.74, 6) is -2.08. The molecule has 15 heteroatoms. The van der Waals surface area contributed by atoms with E-state index in [0.29, 0.717) is 17.9 Å². The summed E-state index contributed by atoms with van der Waals surface area (Å²) in [4.78, 5) is 47.6. The standard InChI is InChI=1S/C18H24N6O6S2.CH4O/c1-5-8-6-31-15-10(14(27)24(15)11(8)7(2)25)20-13(26)9(12-21-17(19)32-23-12)22-30-18(3,4)16(28)29;1-2/h10,12,15,23,25H,2,5-6H2,1,3-4H3,(H2,19,21)(H,20,26)(H,28,29);2H,1H3/b22-9-;/t10-,12?,15-;/m1./s1. The summed E-state index contributed by atoms with van der Waals surface area (Å²) in [5.41, 5.74) is 4.93. The number of aliphatic hydroxyl groups excluding tert-OH is 2. The zero-order valence-corrected chi connectivity index (χ0v) is 20.7. The summed E-state index contributed by atoms with van der Waals surface area (Å²) in [6, 6.07) is -0.881. The average molecular weight is 517 g/mol. The number of carbonyl (C=O) groups is 3. The third-order valence-corrected chi connectivity index (χ3v) is 6.94. The molecule has 0 radical (unpaired) electrons. The van der Waals surface area contributed by atoms with Crippen molar-refractivity contribution in [2.24, 2.45) is 15.9 Å². The van der Waals surface area contributed by atoms with Crippen LogP contribution >= 0.6 is 23.7 Å². The number of β-lactam (4-membered cyclic amide) rings is 1. The number of amidine groups is 1. The third kappa shape index (κ3) is 5.48. The molecule has 1 unspecified atom stereocenters. The molecular formula is C19H28N6O7S2. The molecule has 1 saturated heterocycles. The number of oxime groups is 1. The Kier molecular flexibility index (Phi) is 8.99. The number of carboxylic acid groups (broad SMARTS) is 1. The Morgan fingerprint density at radius 2 is 2.06 bits per heavy atom. The lowest BCUT2D eigenvalue weighted by atomic mass is 10.0. The van der Waals surface area contributed by atoms with Crippen molar-refractivity contribution in [1.82, 2.24) is 14.9 Å². The Morgan fingerprint density at radius 1 is 1.41 bits per heavy atom. The number of nitrogens with one attached hydrogen (secondary N) is 2. The van der Waals surface area contributed by atoms with E-state index in [4.69, 9.17) is 15.7 Å². The molecule has 34 heavy (non-hydrogen) atoms. The molecule has 3 heterocycles. The molecule has 0 aromatic carbocycles. The van der Waals surface area contributed by atoms with E-state index in [9.17, 15) is 24.6 Å². The van der Waals surface area contributed by atoms with Crippen molar-refractivity contribution in [2.75, 3.05) is 12.9 Å². The minimum atomic E-state index is -1.70. The SMILES string of the molecule is C=C(O)C1=C(CC)CS[C@@H]2[C@H](NC(=O)/C(=N\OC(C)(C)C(=O)O)C3N=C(N)SN3)C(=O)N12.CO. The Bertz CT molecular complexity index is 965. The number of hydrogen-bond acceptors (Lipinski definition) is 12. The van der Waals surface area contributed by atoms with Gasteiger partial charge in [-0.3, -0.25) is 14.5 Å².